The maximum absolute atomic E-state index is 6.00. The lowest BCUT2D eigenvalue weighted by Gasteiger charge is -2.23. The monoisotopic (exact) mass is 305 g/mol. The van der Waals surface area contributed by atoms with Crippen LogP contribution in [-0.2, 0) is 0 Å². The van der Waals surface area contributed by atoms with E-state index in [9.17, 15) is 0 Å². The molecule has 0 aromatic carbocycles. The van der Waals surface area contributed by atoms with E-state index in [0.29, 0.717) is 11.9 Å². The van der Waals surface area contributed by atoms with E-state index in [0.717, 1.165) is 35.6 Å². The molecule has 3 N–H and O–H groups in total. The van der Waals surface area contributed by atoms with Crippen LogP contribution in [-0.4, -0.2) is 40.4 Å². The van der Waals surface area contributed by atoms with Gasteiger partial charge in [-0.15, -0.1) is 0 Å². The SMILES string of the molecule is CCC(C)N(C)CCNc1snc(N)c1-c1cccnc1. The number of hydrogen-bond donors (Lipinski definition) is 2. The topological polar surface area (TPSA) is 67.1 Å². The van der Waals surface area contributed by atoms with E-state index in [1.54, 1.807) is 6.20 Å². The van der Waals surface area contributed by atoms with Gasteiger partial charge in [0, 0.05) is 37.1 Å². The minimum absolute atomic E-state index is 0.561. The Kier molecular flexibility index (Phi) is 5.52. The molecular weight excluding hydrogens is 282 g/mol. The third-order valence-corrected chi connectivity index (χ3v) is 4.58. The van der Waals surface area contributed by atoms with Crippen LogP contribution in [0, 0.1) is 0 Å². The number of nitrogens with zero attached hydrogens (tertiary/aromatic N) is 3. The molecule has 2 aromatic heterocycles. The first-order valence-corrected chi connectivity index (χ1v) is 8.00. The molecule has 5 nitrogen and oxygen atoms in total. The van der Waals surface area contributed by atoms with Gasteiger partial charge in [0.25, 0.3) is 0 Å². The molecule has 0 aliphatic carbocycles. The molecule has 114 valence electrons. The van der Waals surface area contributed by atoms with Gasteiger partial charge in [-0.3, -0.25) is 4.98 Å². The van der Waals surface area contributed by atoms with Crippen LogP contribution < -0.4 is 11.1 Å². The zero-order valence-corrected chi connectivity index (χ0v) is 13.7. The first kappa shape index (κ1) is 15.7. The second-order valence-electron chi connectivity index (χ2n) is 5.18. The predicted octanol–water partition coefficient (Wildman–Crippen LogP) is 2.93. The molecule has 1 unspecified atom stereocenters. The van der Waals surface area contributed by atoms with Crippen molar-refractivity contribution >= 4 is 22.4 Å². The third kappa shape index (κ3) is 3.92. The van der Waals surface area contributed by atoms with Gasteiger partial charge in [0.15, 0.2) is 0 Å². The number of anilines is 2. The number of aromatic nitrogens is 2. The number of nitrogen functional groups attached to an aromatic ring is 1. The predicted molar refractivity (Wildman–Crippen MR) is 90.6 cm³/mol. The number of pyridine rings is 1. The normalized spacial score (nSPS) is 12.6. The lowest BCUT2D eigenvalue weighted by atomic mass is 10.1. The quantitative estimate of drug-likeness (QED) is 0.823. The summed E-state index contributed by atoms with van der Waals surface area (Å²) < 4.78 is 4.26. The van der Waals surface area contributed by atoms with Gasteiger partial charge in [0.2, 0.25) is 0 Å². The molecule has 0 spiro atoms. The molecule has 0 saturated carbocycles. The Bertz CT molecular complexity index is 554. The standard InChI is InChI=1S/C15H23N5S/c1-4-11(2)20(3)9-8-18-15-13(14(16)19-21-15)12-6-5-7-17-10-12/h5-7,10-11,18H,4,8-9H2,1-3H3,(H2,16,19). The Morgan fingerprint density at radius 2 is 2.29 bits per heavy atom. The summed E-state index contributed by atoms with van der Waals surface area (Å²) in [5, 5.41) is 4.46. The number of likely N-dealkylation sites (N-methyl/N-ethyl adjacent to an activating group) is 1. The van der Waals surface area contributed by atoms with Gasteiger partial charge in [0.1, 0.15) is 10.8 Å². The molecule has 0 fully saturated rings. The maximum atomic E-state index is 6.00. The lowest BCUT2D eigenvalue weighted by Crippen LogP contribution is -2.32. The van der Waals surface area contributed by atoms with Crippen molar-refractivity contribution < 1.29 is 0 Å². The molecule has 6 heteroatoms. The summed E-state index contributed by atoms with van der Waals surface area (Å²) in [4.78, 5) is 6.50. The first-order valence-electron chi connectivity index (χ1n) is 7.23. The van der Waals surface area contributed by atoms with Crippen molar-refractivity contribution in [3.8, 4) is 11.1 Å². The van der Waals surface area contributed by atoms with Crippen LogP contribution in [0.3, 0.4) is 0 Å². The van der Waals surface area contributed by atoms with Crippen LogP contribution in [0.2, 0.25) is 0 Å². The zero-order chi connectivity index (χ0) is 15.2. The van der Waals surface area contributed by atoms with Crippen LogP contribution >= 0.6 is 11.5 Å². The van der Waals surface area contributed by atoms with Crippen LogP contribution in [0.15, 0.2) is 24.5 Å². The minimum Gasteiger partial charge on any atom is -0.382 e. The van der Waals surface area contributed by atoms with E-state index in [4.69, 9.17) is 5.73 Å². The van der Waals surface area contributed by atoms with E-state index in [1.165, 1.54) is 11.5 Å². The maximum Gasteiger partial charge on any atom is 0.147 e. The Labute approximate surface area is 130 Å². The molecule has 0 aliphatic rings. The summed E-state index contributed by atoms with van der Waals surface area (Å²) in [7, 11) is 2.15. The average molecular weight is 305 g/mol. The average Bonchev–Trinajstić information content (AvgIpc) is 2.88. The highest BCUT2D eigenvalue weighted by Crippen LogP contribution is 2.36. The molecule has 2 rings (SSSR count). The van der Waals surface area contributed by atoms with Crippen molar-refractivity contribution in [2.45, 2.75) is 26.3 Å². The van der Waals surface area contributed by atoms with Crippen molar-refractivity contribution in [2.75, 3.05) is 31.2 Å². The summed E-state index contributed by atoms with van der Waals surface area (Å²) >= 11 is 1.40. The lowest BCUT2D eigenvalue weighted by molar-refractivity contribution is 0.261. The van der Waals surface area contributed by atoms with Gasteiger partial charge in [0.05, 0.1) is 5.56 Å². The van der Waals surface area contributed by atoms with Crippen LogP contribution in [0.4, 0.5) is 10.8 Å². The number of nitrogens with two attached hydrogens (primary N) is 1. The van der Waals surface area contributed by atoms with Gasteiger partial charge in [-0.2, -0.15) is 4.37 Å². The fourth-order valence-electron chi connectivity index (χ4n) is 2.09. The molecule has 0 aliphatic heterocycles. The molecular formula is C15H23N5S. The fourth-order valence-corrected chi connectivity index (χ4v) is 2.85. The van der Waals surface area contributed by atoms with E-state index in [2.05, 4.69) is 40.5 Å². The number of rotatable bonds is 7. The van der Waals surface area contributed by atoms with Crippen LogP contribution in [0.5, 0.6) is 0 Å². The summed E-state index contributed by atoms with van der Waals surface area (Å²) in [6.07, 6.45) is 4.73. The number of nitrogens with one attached hydrogen (secondary N) is 1. The molecule has 1 atom stereocenters. The van der Waals surface area contributed by atoms with Gasteiger partial charge in [-0.25, -0.2) is 0 Å². The van der Waals surface area contributed by atoms with Gasteiger partial charge >= 0.3 is 0 Å². The van der Waals surface area contributed by atoms with Crippen LogP contribution in [0.1, 0.15) is 20.3 Å². The molecule has 0 bridgehead atoms. The largest absolute Gasteiger partial charge is 0.382 e. The molecule has 2 heterocycles. The van der Waals surface area contributed by atoms with Crippen molar-refractivity contribution in [3.05, 3.63) is 24.5 Å². The van der Waals surface area contributed by atoms with E-state index in [1.807, 2.05) is 18.3 Å². The van der Waals surface area contributed by atoms with Gasteiger partial charge in [-0.05, 0) is 38.0 Å². The van der Waals surface area contributed by atoms with E-state index < -0.39 is 0 Å². The van der Waals surface area contributed by atoms with Crippen LogP contribution in [0.25, 0.3) is 11.1 Å². The Balaban J connectivity index is 2.02. The second-order valence-corrected chi connectivity index (χ2v) is 5.95. The summed E-state index contributed by atoms with van der Waals surface area (Å²) in [6.45, 7) is 6.31. The van der Waals surface area contributed by atoms with Crippen molar-refractivity contribution in [1.82, 2.24) is 14.3 Å². The first-order chi connectivity index (χ1) is 10.1. The van der Waals surface area contributed by atoms with Gasteiger partial charge in [-0.1, -0.05) is 13.0 Å². The highest BCUT2D eigenvalue weighted by atomic mass is 32.1. The third-order valence-electron chi connectivity index (χ3n) is 3.76. The summed E-state index contributed by atoms with van der Waals surface area (Å²) in [5.41, 5.74) is 7.95. The van der Waals surface area contributed by atoms with Crippen molar-refractivity contribution in [2.24, 2.45) is 0 Å². The molecule has 0 saturated heterocycles. The summed E-state index contributed by atoms with van der Waals surface area (Å²) in [6, 6.07) is 4.51. The smallest absolute Gasteiger partial charge is 0.147 e. The van der Waals surface area contributed by atoms with E-state index >= 15 is 0 Å². The zero-order valence-electron chi connectivity index (χ0n) is 12.8. The number of hydrogen-bond acceptors (Lipinski definition) is 6. The molecule has 21 heavy (non-hydrogen) atoms. The van der Waals surface area contributed by atoms with Crippen molar-refractivity contribution in [1.29, 1.82) is 0 Å². The minimum atomic E-state index is 0.561. The van der Waals surface area contributed by atoms with E-state index in [-0.39, 0.29) is 0 Å². The second kappa shape index (κ2) is 7.38. The highest BCUT2D eigenvalue weighted by molar-refractivity contribution is 7.11. The van der Waals surface area contributed by atoms with Gasteiger partial charge < -0.3 is 16.0 Å². The Hall–Kier alpha value is -1.66. The molecule has 0 amide bonds. The highest BCUT2D eigenvalue weighted by Gasteiger charge is 2.14. The van der Waals surface area contributed by atoms with Crippen molar-refractivity contribution in [3.63, 3.8) is 0 Å². The molecule has 2 aromatic rings. The Morgan fingerprint density at radius 3 is 2.95 bits per heavy atom. The molecule has 0 radical (unpaired) electrons. The summed E-state index contributed by atoms with van der Waals surface area (Å²) in [5.74, 6) is 0.561. The Morgan fingerprint density at radius 1 is 1.48 bits per heavy atom. The fraction of sp³-hybridized carbons (Fsp3) is 0.467.